The number of methoxy groups -OCH3 is 2. The molecule has 2 rings (SSSR count). The van der Waals surface area contributed by atoms with E-state index in [1.165, 1.54) is 0 Å². The molecule has 7 heteroatoms. The van der Waals surface area contributed by atoms with E-state index in [1.54, 1.807) is 45.4 Å². The normalized spacial score (nSPS) is 10.9. The van der Waals surface area contributed by atoms with E-state index in [0.29, 0.717) is 17.2 Å². The highest BCUT2D eigenvalue weighted by molar-refractivity contribution is 7.92. The van der Waals surface area contributed by atoms with Crippen LogP contribution in [0.3, 0.4) is 0 Å². The van der Waals surface area contributed by atoms with Crippen molar-refractivity contribution in [1.29, 1.82) is 0 Å². The summed E-state index contributed by atoms with van der Waals surface area (Å²) in [5.74, 6) is 1.32. The number of hydrogen-bond donors (Lipinski definition) is 2. The Kier molecular flexibility index (Phi) is 5.33. The quantitative estimate of drug-likeness (QED) is 0.812. The molecule has 2 N–H and O–H groups in total. The maximum Gasteiger partial charge on any atom is 0.232 e. The Hall–Kier alpha value is -2.41. The van der Waals surface area contributed by atoms with E-state index in [1.807, 2.05) is 18.2 Å². The van der Waals surface area contributed by atoms with Gasteiger partial charge in [-0.25, -0.2) is 8.42 Å². The van der Waals surface area contributed by atoms with Crippen molar-refractivity contribution in [2.75, 3.05) is 30.0 Å². The van der Waals surface area contributed by atoms with E-state index in [9.17, 15) is 8.42 Å². The molecule has 124 valence electrons. The van der Waals surface area contributed by atoms with Crippen LogP contribution in [0.25, 0.3) is 0 Å². The van der Waals surface area contributed by atoms with Crippen LogP contribution in [0.4, 0.5) is 17.1 Å². The van der Waals surface area contributed by atoms with E-state index in [-0.39, 0.29) is 5.75 Å². The molecule has 6 nitrogen and oxygen atoms in total. The minimum Gasteiger partial charge on any atom is -0.493 e. The molecular weight excluding hydrogens is 316 g/mol. The average Bonchev–Trinajstić information content (AvgIpc) is 2.56. The van der Waals surface area contributed by atoms with Crippen molar-refractivity contribution in [3.05, 3.63) is 42.5 Å². The van der Waals surface area contributed by atoms with Crippen molar-refractivity contribution in [3.8, 4) is 11.5 Å². The number of sulfonamides is 1. The topological polar surface area (TPSA) is 76.7 Å². The first-order chi connectivity index (χ1) is 11.0. The van der Waals surface area contributed by atoms with Gasteiger partial charge in [-0.1, -0.05) is 0 Å². The zero-order valence-electron chi connectivity index (χ0n) is 13.3. The summed E-state index contributed by atoms with van der Waals surface area (Å²) >= 11 is 0. The molecule has 0 amide bonds. The zero-order chi connectivity index (χ0) is 16.9. The zero-order valence-corrected chi connectivity index (χ0v) is 14.1. The van der Waals surface area contributed by atoms with Gasteiger partial charge in [-0.3, -0.25) is 4.72 Å². The maximum absolute atomic E-state index is 11.5. The standard InChI is InChI=1S/C16H20N2O4S/c1-4-23(19,20)18-13-7-5-12(6-8-13)17-14-9-10-15(21-2)16(11-14)22-3/h5-11,17-18H,4H2,1-3H3. The Labute approximate surface area is 136 Å². The Bertz CT molecular complexity index is 758. The largest absolute Gasteiger partial charge is 0.493 e. The van der Waals surface area contributed by atoms with Crippen LogP contribution < -0.4 is 19.5 Å². The highest BCUT2D eigenvalue weighted by Crippen LogP contribution is 2.31. The Morgan fingerprint density at radius 3 is 2.00 bits per heavy atom. The lowest BCUT2D eigenvalue weighted by atomic mass is 10.2. The summed E-state index contributed by atoms with van der Waals surface area (Å²) in [5.41, 5.74) is 2.20. The van der Waals surface area contributed by atoms with Gasteiger partial charge < -0.3 is 14.8 Å². The second-order valence-electron chi connectivity index (χ2n) is 4.78. The first kappa shape index (κ1) is 17.0. The molecule has 0 heterocycles. The third-order valence-corrected chi connectivity index (χ3v) is 4.52. The second kappa shape index (κ2) is 7.23. The molecule has 2 aromatic rings. The molecule has 0 fully saturated rings. The minimum atomic E-state index is -3.26. The summed E-state index contributed by atoms with van der Waals surface area (Å²) in [6, 6.07) is 12.5. The molecule has 0 unspecified atom stereocenters. The molecular formula is C16H20N2O4S. The van der Waals surface area contributed by atoms with Gasteiger partial charge in [-0.05, 0) is 43.3 Å². The Morgan fingerprint density at radius 1 is 0.870 bits per heavy atom. The van der Waals surface area contributed by atoms with E-state index < -0.39 is 10.0 Å². The van der Waals surface area contributed by atoms with Gasteiger partial charge in [-0.2, -0.15) is 0 Å². The molecule has 0 aromatic heterocycles. The summed E-state index contributed by atoms with van der Waals surface area (Å²) < 4.78 is 36.0. The highest BCUT2D eigenvalue weighted by atomic mass is 32.2. The maximum atomic E-state index is 11.5. The summed E-state index contributed by atoms with van der Waals surface area (Å²) in [5, 5.41) is 3.22. The van der Waals surface area contributed by atoms with Gasteiger partial charge in [0, 0.05) is 23.1 Å². The van der Waals surface area contributed by atoms with Crippen LogP contribution >= 0.6 is 0 Å². The van der Waals surface area contributed by atoms with E-state index in [0.717, 1.165) is 11.4 Å². The van der Waals surface area contributed by atoms with Crippen molar-refractivity contribution < 1.29 is 17.9 Å². The number of nitrogens with one attached hydrogen (secondary N) is 2. The van der Waals surface area contributed by atoms with Crippen LogP contribution in [0.5, 0.6) is 11.5 Å². The van der Waals surface area contributed by atoms with Crippen LogP contribution in [0, 0.1) is 0 Å². The van der Waals surface area contributed by atoms with Crippen molar-refractivity contribution in [1.82, 2.24) is 0 Å². The third kappa shape index (κ3) is 4.53. The van der Waals surface area contributed by atoms with Gasteiger partial charge in [0.1, 0.15) is 0 Å². The lowest BCUT2D eigenvalue weighted by molar-refractivity contribution is 0.355. The Balaban J connectivity index is 2.12. The fourth-order valence-electron chi connectivity index (χ4n) is 1.95. The van der Waals surface area contributed by atoms with E-state index in [4.69, 9.17) is 9.47 Å². The van der Waals surface area contributed by atoms with E-state index in [2.05, 4.69) is 10.0 Å². The number of anilines is 3. The minimum absolute atomic E-state index is 0.0403. The summed E-state index contributed by atoms with van der Waals surface area (Å²) in [7, 11) is -0.0978. The fourth-order valence-corrected chi connectivity index (χ4v) is 2.59. The molecule has 2 aromatic carbocycles. The van der Waals surface area contributed by atoms with Crippen LogP contribution in [0.1, 0.15) is 6.92 Å². The fraction of sp³-hybridized carbons (Fsp3) is 0.250. The lowest BCUT2D eigenvalue weighted by Gasteiger charge is -2.12. The molecule has 0 aliphatic heterocycles. The molecule has 23 heavy (non-hydrogen) atoms. The first-order valence-corrected chi connectivity index (χ1v) is 8.72. The Morgan fingerprint density at radius 2 is 1.43 bits per heavy atom. The average molecular weight is 336 g/mol. The van der Waals surface area contributed by atoms with Crippen molar-refractivity contribution in [2.45, 2.75) is 6.92 Å². The van der Waals surface area contributed by atoms with Gasteiger partial charge in [-0.15, -0.1) is 0 Å². The van der Waals surface area contributed by atoms with Gasteiger partial charge >= 0.3 is 0 Å². The SMILES string of the molecule is CCS(=O)(=O)Nc1ccc(Nc2ccc(OC)c(OC)c2)cc1. The number of rotatable bonds is 7. The molecule has 0 spiro atoms. The van der Waals surface area contributed by atoms with Gasteiger partial charge in [0.2, 0.25) is 10.0 Å². The molecule has 0 bridgehead atoms. The molecule has 0 aliphatic carbocycles. The van der Waals surface area contributed by atoms with Gasteiger partial charge in [0.15, 0.2) is 11.5 Å². The number of hydrogen-bond acceptors (Lipinski definition) is 5. The number of ether oxygens (including phenoxy) is 2. The van der Waals surface area contributed by atoms with Crippen LogP contribution in [0.15, 0.2) is 42.5 Å². The van der Waals surface area contributed by atoms with Crippen molar-refractivity contribution in [3.63, 3.8) is 0 Å². The van der Waals surface area contributed by atoms with Gasteiger partial charge in [0.05, 0.1) is 20.0 Å². The van der Waals surface area contributed by atoms with Gasteiger partial charge in [0.25, 0.3) is 0 Å². The smallest absolute Gasteiger partial charge is 0.232 e. The predicted molar refractivity (Wildman–Crippen MR) is 92.4 cm³/mol. The monoisotopic (exact) mass is 336 g/mol. The molecule has 0 saturated heterocycles. The number of benzene rings is 2. The summed E-state index contributed by atoms with van der Waals surface area (Å²) in [4.78, 5) is 0. The highest BCUT2D eigenvalue weighted by Gasteiger charge is 2.07. The third-order valence-electron chi connectivity index (χ3n) is 3.21. The van der Waals surface area contributed by atoms with Crippen LogP contribution in [-0.4, -0.2) is 28.4 Å². The van der Waals surface area contributed by atoms with Crippen LogP contribution in [-0.2, 0) is 10.0 Å². The predicted octanol–water partition coefficient (Wildman–Crippen LogP) is 3.21. The molecule has 0 saturated carbocycles. The lowest BCUT2D eigenvalue weighted by Crippen LogP contribution is -2.14. The van der Waals surface area contributed by atoms with E-state index >= 15 is 0 Å². The van der Waals surface area contributed by atoms with Crippen LogP contribution in [0.2, 0.25) is 0 Å². The molecule has 0 aliphatic rings. The summed E-state index contributed by atoms with van der Waals surface area (Å²) in [6.45, 7) is 1.59. The first-order valence-electron chi connectivity index (χ1n) is 7.07. The van der Waals surface area contributed by atoms with Crippen molar-refractivity contribution >= 4 is 27.1 Å². The second-order valence-corrected chi connectivity index (χ2v) is 6.79. The molecule has 0 atom stereocenters. The molecule has 0 radical (unpaired) electrons. The van der Waals surface area contributed by atoms with Crippen molar-refractivity contribution in [2.24, 2.45) is 0 Å². The summed E-state index contributed by atoms with van der Waals surface area (Å²) in [6.07, 6.45) is 0.